The number of morpholine rings is 1. The van der Waals surface area contributed by atoms with E-state index in [-0.39, 0.29) is 18.5 Å². The molecule has 0 unspecified atom stereocenters. The Morgan fingerprint density at radius 3 is 2.86 bits per heavy atom. The van der Waals surface area contributed by atoms with Crippen LogP contribution in [0.2, 0.25) is 0 Å². The minimum Gasteiger partial charge on any atom is -0.462 e. The molecule has 1 atom stereocenters. The molecule has 1 aromatic heterocycles. The van der Waals surface area contributed by atoms with E-state index in [0.29, 0.717) is 25.3 Å². The van der Waals surface area contributed by atoms with Crippen LogP contribution in [-0.4, -0.2) is 35.8 Å². The van der Waals surface area contributed by atoms with E-state index in [1.54, 1.807) is 18.2 Å². The highest BCUT2D eigenvalue weighted by atomic mass is 19.1. The van der Waals surface area contributed by atoms with E-state index in [1.165, 1.54) is 6.07 Å². The van der Waals surface area contributed by atoms with Crippen molar-refractivity contribution in [1.29, 1.82) is 0 Å². The Bertz CT molecular complexity index is 613. The number of rotatable bonds is 5. The van der Waals surface area contributed by atoms with Crippen LogP contribution < -0.4 is 0 Å². The van der Waals surface area contributed by atoms with E-state index in [2.05, 4.69) is 4.90 Å². The van der Waals surface area contributed by atoms with Crippen molar-refractivity contribution in [2.45, 2.75) is 25.7 Å². The van der Waals surface area contributed by atoms with Gasteiger partial charge >= 0.3 is 0 Å². The number of hydrogen-bond acceptors (Lipinski definition) is 4. The fraction of sp³-hybridized carbons (Fsp3) is 0.412. The normalized spacial score (nSPS) is 19.5. The summed E-state index contributed by atoms with van der Waals surface area (Å²) < 4.78 is 24.5. The first kappa shape index (κ1) is 15.2. The molecule has 0 radical (unpaired) electrons. The van der Waals surface area contributed by atoms with Crippen LogP contribution in [0, 0.1) is 5.82 Å². The number of benzene rings is 1. The monoisotopic (exact) mass is 305 g/mol. The van der Waals surface area contributed by atoms with E-state index in [4.69, 9.17) is 14.3 Å². The van der Waals surface area contributed by atoms with Crippen molar-refractivity contribution in [3.05, 3.63) is 59.3 Å². The average Bonchev–Trinajstić information content (AvgIpc) is 2.95. The second-order valence-corrected chi connectivity index (χ2v) is 5.59. The quantitative estimate of drug-likeness (QED) is 0.921. The predicted molar refractivity (Wildman–Crippen MR) is 79.8 cm³/mol. The van der Waals surface area contributed by atoms with Gasteiger partial charge in [0, 0.05) is 13.1 Å². The molecule has 0 saturated carbocycles. The number of hydrogen-bond donors (Lipinski definition) is 1. The summed E-state index contributed by atoms with van der Waals surface area (Å²) in [4.78, 5) is 2.26. The minimum atomic E-state index is -0.211. The van der Waals surface area contributed by atoms with Crippen molar-refractivity contribution >= 4 is 0 Å². The third-order valence-corrected chi connectivity index (χ3v) is 3.83. The van der Waals surface area contributed by atoms with E-state index in [1.807, 2.05) is 12.1 Å². The molecule has 0 aliphatic carbocycles. The molecule has 22 heavy (non-hydrogen) atoms. The molecule has 4 nitrogen and oxygen atoms in total. The summed E-state index contributed by atoms with van der Waals surface area (Å²) in [7, 11) is 0. The molecule has 1 aliphatic heterocycles. The largest absolute Gasteiger partial charge is 0.462 e. The van der Waals surface area contributed by atoms with Crippen LogP contribution in [0.15, 0.2) is 40.8 Å². The number of furan rings is 1. The zero-order chi connectivity index (χ0) is 15.4. The first-order valence-corrected chi connectivity index (χ1v) is 7.50. The summed E-state index contributed by atoms with van der Waals surface area (Å²) >= 11 is 0. The maximum atomic E-state index is 13.2. The van der Waals surface area contributed by atoms with Crippen LogP contribution in [0.25, 0.3) is 0 Å². The lowest BCUT2D eigenvalue weighted by Gasteiger charge is -2.32. The summed E-state index contributed by atoms with van der Waals surface area (Å²) in [6.45, 7) is 2.91. The first-order valence-electron chi connectivity index (χ1n) is 7.50. The highest BCUT2D eigenvalue weighted by Crippen LogP contribution is 2.16. The van der Waals surface area contributed by atoms with Crippen LogP contribution in [0.5, 0.6) is 0 Å². The molecule has 2 aromatic rings. The van der Waals surface area contributed by atoms with Gasteiger partial charge in [0.25, 0.3) is 0 Å². The van der Waals surface area contributed by atoms with E-state index in [0.717, 1.165) is 24.4 Å². The van der Waals surface area contributed by atoms with Gasteiger partial charge in [0.1, 0.15) is 23.9 Å². The van der Waals surface area contributed by atoms with Gasteiger partial charge in [-0.2, -0.15) is 0 Å². The molecule has 1 aromatic carbocycles. The highest BCUT2D eigenvalue weighted by Gasteiger charge is 2.21. The Balaban J connectivity index is 1.57. The molecular weight excluding hydrogens is 285 g/mol. The van der Waals surface area contributed by atoms with E-state index in [9.17, 15) is 4.39 Å². The third-order valence-electron chi connectivity index (χ3n) is 3.83. The lowest BCUT2D eigenvalue weighted by molar-refractivity contribution is -0.0324. The van der Waals surface area contributed by atoms with Crippen LogP contribution in [0.1, 0.15) is 17.1 Å². The molecule has 2 heterocycles. The van der Waals surface area contributed by atoms with Crippen molar-refractivity contribution < 1.29 is 18.7 Å². The van der Waals surface area contributed by atoms with Crippen molar-refractivity contribution in [2.75, 3.05) is 19.7 Å². The van der Waals surface area contributed by atoms with Crippen LogP contribution >= 0.6 is 0 Å². The average molecular weight is 305 g/mol. The Kier molecular flexibility index (Phi) is 4.87. The van der Waals surface area contributed by atoms with Crippen LogP contribution in [0.3, 0.4) is 0 Å². The molecule has 0 bridgehead atoms. The zero-order valence-electron chi connectivity index (χ0n) is 12.4. The number of halogens is 1. The fourth-order valence-electron chi connectivity index (χ4n) is 2.79. The summed E-state index contributed by atoms with van der Waals surface area (Å²) in [6, 6.07) is 10.3. The molecule has 0 spiro atoms. The van der Waals surface area contributed by atoms with Crippen molar-refractivity contribution in [3.63, 3.8) is 0 Å². The highest BCUT2D eigenvalue weighted by molar-refractivity contribution is 5.17. The Hall–Kier alpha value is -1.69. The second-order valence-electron chi connectivity index (χ2n) is 5.59. The van der Waals surface area contributed by atoms with Gasteiger partial charge in [0.05, 0.1) is 19.3 Å². The van der Waals surface area contributed by atoms with Crippen molar-refractivity contribution in [3.8, 4) is 0 Å². The van der Waals surface area contributed by atoms with Gasteiger partial charge in [-0.25, -0.2) is 4.39 Å². The van der Waals surface area contributed by atoms with Gasteiger partial charge in [0.15, 0.2) is 0 Å². The molecule has 1 saturated heterocycles. The standard InChI is InChI=1S/C17H20FNO3/c18-14-3-1-2-13(8-14)9-17-11-19(6-7-21-17)10-15-4-5-16(12-20)22-15/h1-5,8,17,20H,6-7,9-12H2/t17-/m0/s1. The topological polar surface area (TPSA) is 45.8 Å². The summed E-state index contributed by atoms with van der Waals surface area (Å²) in [5, 5.41) is 9.03. The van der Waals surface area contributed by atoms with Crippen molar-refractivity contribution in [1.82, 2.24) is 4.90 Å². The SMILES string of the molecule is OCc1ccc(CN2CCO[C@@H](Cc3cccc(F)c3)C2)o1. The molecule has 118 valence electrons. The lowest BCUT2D eigenvalue weighted by Crippen LogP contribution is -2.42. The van der Waals surface area contributed by atoms with Gasteiger partial charge < -0.3 is 14.3 Å². The molecular formula is C17H20FNO3. The predicted octanol–water partition coefficient (Wildman–Crippen LogP) is 2.35. The van der Waals surface area contributed by atoms with Crippen molar-refractivity contribution in [2.24, 2.45) is 0 Å². The number of aliphatic hydroxyl groups excluding tert-OH is 1. The Morgan fingerprint density at radius 2 is 2.09 bits per heavy atom. The fourth-order valence-corrected chi connectivity index (χ4v) is 2.79. The zero-order valence-corrected chi connectivity index (χ0v) is 12.4. The van der Waals surface area contributed by atoms with Gasteiger partial charge in [-0.3, -0.25) is 4.90 Å². The van der Waals surface area contributed by atoms with Crippen LogP contribution in [0.4, 0.5) is 4.39 Å². The smallest absolute Gasteiger partial charge is 0.129 e. The maximum absolute atomic E-state index is 13.2. The molecule has 0 amide bonds. The number of ether oxygens (including phenoxy) is 1. The van der Waals surface area contributed by atoms with Gasteiger partial charge in [-0.15, -0.1) is 0 Å². The molecule has 1 N–H and O–H groups in total. The molecule has 5 heteroatoms. The Morgan fingerprint density at radius 1 is 1.23 bits per heavy atom. The number of aliphatic hydroxyl groups is 1. The number of nitrogens with zero attached hydrogens (tertiary/aromatic N) is 1. The summed E-state index contributed by atoms with van der Waals surface area (Å²) in [5.41, 5.74) is 0.951. The molecule has 1 fully saturated rings. The van der Waals surface area contributed by atoms with Crippen LogP contribution in [-0.2, 0) is 24.3 Å². The Labute approximate surface area is 129 Å². The third kappa shape index (κ3) is 3.94. The molecule has 1 aliphatic rings. The summed E-state index contributed by atoms with van der Waals surface area (Å²) in [6.07, 6.45) is 0.761. The van der Waals surface area contributed by atoms with Gasteiger partial charge in [-0.05, 0) is 36.2 Å². The molecule has 3 rings (SSSR count). The van der Waals surface area contributed by atoms with Gasteiger partial charge in [-0.1, -0.05) is 12.1 Å². The van der Waals surface area contributed by atoms with E-state index < -0.39 is 0 Å². The lowest BCUT2D eigenvalue weighted by atomic mass is 10.1. The minimum absolute atomic E-state index is 0.0582. The van der Waals surface area contributed by atoms with Gasteiger partial charge in [0.2, 0.25) is 0 Å². The van der Waals surface area contributed by atoms with E-state index >= 15 is 0 Å². The maximum Gasteiger partial charge on any atom is 0.129 e. The summed E-state index contributed by atoms with van der Waals surface area (Å²) in [5.74, 6) is 1.22. The first-order chi connectivity index (χ1) is 10.7. The second kappa shape index (κ2) is 7.05.